The SMILES string of the molecule is CCOc1ccc(N)c2c(CC)c(C)n(CCO)c12.Cc1[nH]c2c(OCCN(C)C)ccc(N)c2c1C.Cc1[nH]c2c(OCCO)ccc(N)c2c1C.Cc1c(C)n(C)c2c(OCCN(C)C)ccc(N)c12.Cc1c(C)n(C)c2c(OCCO)ccc(N)c12.Cc1c(C)n(CCO)c2c(OCCO)ccc(N)c12. The average molecular weight is 1490 g/mol. The third-order valence-corrected chi connectivity index (χ3v) is 20.0. The number of nitrogen functional groups attached to an aromatic ring is 6. The fourth-order valence-electron chi connectivity index (χ4n) is 13.7. The van der Waals surface area contributed by atoms with Crippen LogP contribution in [0.3, 0.4) is 0 Å². The Morgan fingerprint density at radius 3 is 1.00 bits per heavy atom. The third-order valence-electron chi connectivity index (χ3n) is 20.0. The lowest BCUT2D eigenvalue weighted by molar-refractivity contribution is 0.202. The van der Waals surface area contributed by atoms with E-state index in [1.165, 1.54) is 33.6 Å². The third kappa shape index (κ3) is 18.7. The van der Waals surface area contributed by atoms with E-state index in [9.17, 15) is 10.2 Å². The van der Waals surface area contributed by atoms with Gasteiger partial charge in [-0.1, -0.05) is 6.92 Å². The van der Waals surface area contributed by atoms with Crippen molar-refractivity contribution in [2.24, 2.45) is 14.1 Å². The number of hydrogen-bond acceptors (Lipinski definition) is 19. The van der Waals surface area contributed by atoms with Gasteiger partial charge in [0.05, 0.1) is 72.7 Å². The maximum atomic E-state index is 9.28. The van der Waals surface area contributed by atoms with Crippen LogP contribution in [0.4, 0.5) is 34.1 Å². The molecule has 0 spiro atoms. The molecule has 0 fully saturated rings. The van der Waals surface area contributed by atoms with Crippen molar-refractivity contribution in [1.29, 1.82) is 0 Å². The van der Waals surface area contributed by atoms with Crippen LogP contribution in [0, 0.1) is 76.2 Å². The Kier molecular flexibility index (Phi) is 30.4. The number of aliphatic hydroxyl groups is 5. The van der Waals surface area contributed by atoms with Crippen LogP contribution in [0.5, 0.6) is 34.5 Å². The van der Waals surface area contributed by atoms with Crippen LogP contribution >= 0.6 is 0 Å². The van der Waals surface area contributed by atoms with Crippen LogP contribution in [0.2, 0.25) is 0 Å². The molecular formula is C83H120N14O11. The van der Waals surface area contributed by atoms with E-state index in [2.05, 4.69) is 95.9 Å². The van der Waals surface area contributed by atoms with Crippen molar-refractivity contribution >= 4 is 99.5 Å². The average Bonchev–Trinajstić information content (AvgIpc) is 1.62. The predicted octanol–water partition coefficient (Wildman–Crippen LogP) is 11.8. The summed E-state index contributed by atoms with van der Waals surface area (Å²) in [7, 11) is 12.2. The van der Waals surface area contributed by atoms with E-state index in [-0.39, 0.29) is 46.2 Å². The van der Waals surface area contributed by atoms with Crippen LogP contribution in [0.1, 0.15) is 81.4 Å². The fraction of sp³-hybridized carbons (Fsp3) is 0.422. The fourth-order valence-corrected chi connectivity index (χ4v) is 13.7. The number of nitrogens with one attached hydrogen (secondary N) is 2. The first-order valence-corrected chi connectivity index (χ1v) is 36.7. The number of H-pyrrole nitrogens is 2. The maximum Gasteiger partial charge on any atom is 0.143 e. The van der Waals surface area contributed by atoms with E-state index in [1.54, 1.807) is 6.07 Å². The van der Waals surface area contributed by atoms with E-state index in [4.69, 9.17) is 78.1 Å². The number of anilines is 6. The highest BCUT2D eigenvalue weighted by atomic mass is 16.5. The van der Waals surface area contributed by atoms with Gasteiger partial charge in [0.2, 0.25) is 0 Å². The van der Waals surface area contributed by atoms with Crippen LogP contribution in [-0.4, -0.2) is 178 Å². The number of benzene rings is 6. The molecule has 588 valence electrons. The predicted molar refractivity (Wildman–Crippen MR) is 445 cm³/mol. The Labute approximate surface area is 635 Å². The molecule has 0 saturated heterocycles. The molecule has 0 radical (unpaired) electrons. The summed E-state index contributed by atoms with van der Waals surface area (Å²) < 4.78 is 42.4. The van der Waals surface area contributed by atoms with Crippen molar-refractivity contribution in [3.05, 3.63) is 140 Å². The number of nitrogens with two attached hydrogens (primary N) is 6. The minimum absolute atomic E-state index is 0.00451. The number of aryl methyl sites for hydroxylation is 10. The number of fused-ring (bicyclic) bond motifs is 6. The summed E-state index contributed by atoms with van der Waals surface area (Å²) >= 11 is 0. The summed E-state index contributed by atoms with van der Waals surface area (Å²) in [6.07, 6.45) is 0.917. The normalized spacial score (nSPS) is 11.2. The quantitative estimate of drug-likeness (QED) is 0.0250. The molecule has 6 heterocycles. The van der Waals surface area contributed by atoms with Gasteiger partial charge in [0.15, 0.2) is 0 Å². The smallest absolute Gasteiger partial charge is 0.143 e. The molecule has 25 nitrogen and oxygen atoms in total. The molecule has 19 N–H and O–H groups in total. The number of ether oxygens (including phenoxy) is 6. The molecule has 12 aromatic rings. The number of aliphatic hydroxyl groups excluding tert-OH is 5. The van der Waals surface area contributed by atoms with Crippen molar-refractivity contribution in [1.82, 2.24) is 38.0 Å². The second-order valence-electron chi connectivity index (χ2n) is 27.4. The van der Waals surface area contributed by atoms with Gasteiger partial charge in [-0.15, -0.1) is 0 Å². The van der Waals surface area contributed by atoms with Gasteiger partial charge in [-0.2, -0.15) is 0 Å². The first kappa shape index (κ1) is 85.1. The van der Waals surface area contributed by atoms with Crippen LogP contribution in [-0.2, 0) is 33.6 Å². The van der Waals surface area contributed by atoms with Gasteiger partial charge in [0.25, 0.3) is 0 Å². The molecule has 6 aromatic carbocycles. The standard InChI is InChI=1S/C15H23N3O.C15H22N2O2.C14H21N3O.C14H20N2O3.C13H18N2O2.C12H16N2O2/c1-10-11(2)18(5)15-13(19-9-8-17(3)4)7-6-12(16)14(10)15;1-4-11-10(3)17(8-9-18)15-13(19-5-2)7-6-12(16)14(11)15;1-9-10(2)16-14-12(18-8-7-17(3)4)6-5-11(15)13(9)14;1-9-10(2)16(5-6-17)14-12(19-8-7-18)4-3-11(15)13(9)14;1-8-9(2)15(3)13-11(17-7-6-16)5-4-10(14)12(8)13;1-7-8(2)14-12-10(16-6-5-15)4-3-9(13)11(7)12/h6-7H,8-9,16H2,1-5H3;6-7,18H,4-5,8-9,16H2,1-3H3;5-6,16H,7-8,15H2,1-4H3;3-4,17-18H,5-8,15H2,1-2H3;4-5,16H,6-7,14H2,1-3H3;3-4,14-15H,5-6,13H2,1-2H3. The van der Waals surface area contributed by atoms with Crippen LogP contribution < -0.4 is 62.8 Å². The first-order valence-electron chi connectivity index (χ1n) is 36.7. The Balaban J connectivity index is 0.000000181. The minimum Gasteiger partial charge on any atom is -0.492 e. The summed E-state index contributed by atoms with van der Waals surface area (Å²) in [6, 6.07) is 22.5. The molecule has 12 rings (SSSR count). The molecule has 6 aromatic heterocycles. The van der Waals surface area contributed by atoms with Crippen molar-refractivity contribution in [3.8, 4) is 34.5 Å². The van der Waals surface area contributed by atoms with Gasteiger partial charge in [0.1, 0.15) is 67.5 Å². The topological polar surface area (TPSA) is 370 Å². The number of aromatic nitrogens is 6. The summed E-state index contributed by atoms with van der Waals surface area (Å²) in [5.41, 5.74) is 60.7. The van der Waals surface area contributed by atoms with Crippen molar-refractivity contribution in [2.75, 3.05) is 148 Å². The first-order chi connectivity index (χ1) is 51.4. The molecule has 0 bridgehead atoms. The molecule has 0 saturated carbocycles. The zero-order valence-electron chi connectivity index (χ0n) is 67.1. The van der Waals surface area contributed by atoms with Crippen LogP contribution in [0.25, 0.3) is 65.4 Å². The van der Waals surface area contributed by atoms with Gasteiger partial charge in [-0.25, -0.2) is 0 Å². The minimum atomic E-state index is -0.0372. The second kappa shape index (κ2) is 38.6. The van der Waals surface area contributed by atoms with E-state index in [1.807, 2.05) is 141 Å². The number of likely N-dealkylation sites (N-methyl/N-ethyl adjacent to an activating group) is 2. The molecular weight excluding hydrogens is 1370 g/mol. The second-order valence-corrected chi connectivity index (χ2v) is 27.4. The number of rotatable bonds is 24. The van der Waals surface area contributed by atoms with E-state index in [0.29, 0.717) is 51.0 Å². The summed E-state index contributed by atoms with van der Waals surface area (Å²) in [5, 5.41) is 51.2. The van der Waals surface area contributed by atoms with E-state index >= 15 is 0 Å². The van der Waals surface area contributed by atoms with Crippen LogP contribution in [0.15, 0.2) is 72.8 Å². The monoisotopic (exact) mass is 1490 g/mol. The highest BCUT2D eigenvalue weighted by Crippen LogP contribution is 2.42. The van der Waals surface area contributed by atoms with E-state index in [0.717, 1.165) is 176 Å². The highest BCUT2D eigenvalue weighted by molar-refractivity contribution is 6.03. The Morgan fingerprint density at radius 2 is 0.639 bits per heavy atom. The van der Waals surface area contributed by atoms with Gasteiger partial charge >= 0.3 is 0 Å². The number of nitrogens with zero attached hydrogens (tertiary/aromatic N) is 6. The molecule has 0 aliphatic heterocycles. The molecule has 0 atom stereocenters. The molecule has 108 heavy (non-hydrogen) atoms. The van der Waals surface area contributed by atoms with Gasteiger partial charge in [0, 0.05) is 141 Å². The van der Waals surface area contributed by atoms with Crippen molar-refractivity contribution in [3.63, 3.8) is 0 Å². The summed E-state index contributed by atoms with van der Waals surface area (Å²) in [5.74, 6) is 4.80. The zero-order chi connectivity index (χ0) is 79.7. The highest BCUT2D eigenvalue weighted by Gasteiger charge is 2.22. The molecule has 0 unspecified atom stereocenters. The van der Waals surface area contributed by atoms with Gasteiger partial charge < -0.3 is 126 Å². The maximum absolute atomic E-state index is 9.28. The van der Waals surface area contributed by atoms with Crippen molar-refractivity contribution in [2.45, 2.75) is 110 Å². The lowest BCUT2D eigenvalue weighted by Crippen LogP contribution is -2.19. The lowest BCUT2D eigenvalue weighted by atomic mass is 10.1. The van der Waals surface area contributed by atoms with Gasteiger partial charge in [-0.05, 0) is 224 Å². The summed E-state index contributed by atoms with van der Waals surface area (Å²) in [4.78, 5) is 10.8. The Bertz CT molecular complexity index is 5010. The van der Waals surface area contributed by atoms with Crippen molar-refractivity contribution < 1.29 is 54.0 Å². The molecule has 0 aliphatic rings. The van der Waals surface area contributed by atoms with E-state index < -0.39 is 0 Å². The number of hydrogen-bond donors (Lipinski definition) is 13. The summed E-state index contributed by atoms with van der Waals surface area (Å²) in [6.45, 7) is 32.4. The molecule has 0 aliphatic carbocycles. The Morgan fingerprint density at radius 1 is 0.343 bits per heavy atom. The zero-order valence-corrected chi connectivity index (χ0v) is 67.1. The largest absolute Gasteiger partial charge is 0.492 e. The molecule has 25 heteroatoms. The lowest BCUT2D eigenvalue weighted by Gasteiger charge is -2.13. The Hall–Kier alpha value is -10.1. The molecule has 0 amide bonds. The van der Waals surface area contributed by atoms with Gasteiger partial charge in [-0.3, -0.25) is 0 Å². The number of aromatic amines is 2.